The van der Waals surface area contributed by atoms with Gasteiger partial charge in [-0.15, -0.1) is 0 Å². The topological polar surface area (TPSA) is 34.9 Å². The SMILES string of the molecule is Cn1ncc(Br)c1C(=O)C(F)F. The van der Waals surface area contributed by atoms with Gasteiger partial charge in [-0.1, -0.05) is 0 Å². The monoisotopic (exact) mass is 238 g/mol. The molecule has 3 nitrogen and oxygen atoms in total. The highest BCUT2D eigenvalue weighted by Crippen LogP contribution is 2.17. The number of nitrogens with zero attached hydrogens (tertiary/aromatic N) is 2. The lowest BCUT2D eigenvalue weighted by atomic mass is 10.3. The minimum atomic E-state index is -2.99. The highest BCUT2D eigenvalue weighted by atomic mass is 79.9. The van der Waals surface area contributed by atoms with Crippen molar-refractivity contribution in [3.63, 3.8) is 0 Å². The number of rotatable bonds is 2. The van der Waals surface area contributed by atoms with Crippen molar-refractivity contribution in [3.8, 4) is 0 Å². The van der Waals surface area contributed by atoms with E-state index < -0.39 is 12.2 Å². The molecule has 0 saturated carbocycles. The largest absolute Gasteiger partial charge is 0.302 e. The molecule has 1 aromatic rings. The summed E-state index contributed by atoms with van der Waals surface area (Å²) >= 11 is 2.95. The van der Waals surface area contributed by atoms with E-state index in [2.05, 4.69) is 21.0 Å². The highest BCUT2D eigenvalue weighted by molar-refractivity contribution is 9.10. The van der Waals surface area contributed by atoms with Crippen LogP contribution in [0.5, 0.6) is 0 Å². The quantitative estimate of drug-likeness (QED) is 0.735. The highest BCUT2D eigenvalue weighted by Gasteiger charge is 2.23. The molecule has 0 N–H and O–H groups in total. The maximum absolute atomic E-state index is 11.9. The number of hydrogen-bond donors (Lipinski definition) is 0. The predicted molar refractivity (Wildman–Crippen MR) is 41.2 cm³/mol. The molecule has 0 spiro atoms. The predicted octanol–water partition coefficient (Wildman–Crippen LogP) is 1.63. The van der Waals surface area contributed by atoms with E-state index in [1.807, 2.05) is 0 Å². The zero-order valence-electron chi connectivity index (χ0n) is 6.09. The summed E-state index contributed by atoms with van der Waals surface area (Å²) in [5, 5.41) is 3.64. The van der Waals surface area contributed by atoms with Crippen LogP contribution in [0.2, 0.25) is 0 Å². The molecule has 0 radical (unpaired) electrons. The van der Waals surface area contributed by atoms with Crippen LogP contribution in [0.4, 0.5) is 8.78 Å². The van der Waals surface area contributed by atoms with Crippen LogP contribution in [0.1, 0.15) is 10.5 Å². The molecule has 0 amide bonds. The molecule has 1 heterocycles. The van der Waals surface area contributed by atoms with Crippen molar-refractivity contribution in [2.75, 3.05) is 0 Å². The fraction of sp³-hybridized carbons (Fsp3) is 0.333. The molecular weight excluding hydrogens is 234 g/mol. The molecule has 0 bridgehead atoms. The van der Waals surface area contributed by atoms with Crippen LogP contribution >= 0.6 is 15.9 Å². The minimum absolute atomic E-state index is 0.106. The van der Waals surface area contributed by atoms with Gasteiger partial charge in [-0.2, -0.15) is 5.10 Å². The average Bonchev–Trinajstić information content (AvgIpc) is 2.30. The van der Waals surface area contributed by atoms with Crippen molar-refractivity contribution >= 4 is 21.7 Å². The third kappa shape index (κ3) is 1.52. The fourth-order valence-electron chi connectivity index (χ4n) is 0.791. The Balaban J connectivity index is 3.09. The Hall–Kier alpha value is -0.780. The average molecular weight is 239 g/mol. The van der Waals surface area contributed by atoms with Crippen LogP contribution in [0.3, 0.4) is 0 Å². The standard InChI is InChI=1S/C6H5BrF2N2O/c1-11-4(3(7)2-10-11)5(12)6(8)9/h2,6H,1H3. The number of aromatic nitrogens is 2. The second kappa shape index (κ2) is 3.30. The molecule has 0 aliphatic rings. The summed E-state index contributed by atoms with van der Waals surface area (Å²) in [6, 6.07) is 0. The number of hydrogen-bond acceptors (Lipinski definition) is 2. The molecule has 0 aliphatic carbocycles. The van der Waals surface area contributed by atoms with Crippen molar-refractivity contribution < 1.29 is 13.6 Å². The number of halogens is 3. The molecule has 66 valence electrons. The fourth-order valence-corrected chi connectivity index (χ4v) is 1.33. The van der Waals surface area contributed by atoms with E-state index in [0.29, 0.717) is 0 Å². The van der Waals surface area contributed by atoms with E-state index in [1.54, 1.807) is 0 Å². The van der Waals surface area contributed by atoms with Gasteiger partial charge in [0.1, 0.15) is 5.69 Å². The van der Waals surface area contributed by atoms with Gasteiger partial charge in [0, 0.05) is 7.05 Å². The first kappa shape index (κ1) is 9.31. The molecule has 0 aromatic carbocycles. The van der Waals surface area contributed by atoms with E-state index >= 15 is 0 Å². The maximum Gasteiger partial charge on any atom is 0.302 e. The molecular formula is C6H5BrF2N2O. The minimum Gasteiger partial charge on any atom is -0.286 e. The summed E-state index contributed by atoms with van der Waals surface area (Å²) < 4.78 is 25.3. The zero-order chi connectivity index (χ0) is 9.30. The molecule has 1 rings (SSSR count). The Morgan fingerprint density at radius 3 is 2.67 bits per heavy atom. The van der Waals surface area contributed by atoms with Gasteiger partial charge in [-0.3, -0.25) is 9.48 Å². The molecule has 0 unspecified atom stereocenters. The smallest absolute Gasteiger partial charge is 0.286 e. The van der Waals surface area contributed by atoms with E-state index in [0.717, 1.165) is 4.68 Å². The summed E-state index contributed by atoms with van der Waals surface area (Å²) in [7, 11) is 1.43. The molecule has 6 heteroatoms. The first-order valence-corrected chi connectivity index (χ1v) is 3.83. The van der Waals surface area contributed by atoms with Gasteiger partial charge in [0.2, 0.25) is 5.78 Å². The lowest BCUT2D eigenvalue weighted by molar-refractivity contribution is 0.0667. The third-order valence-corrected chi connectivity index (χ3v) is 1.91. The number of Topliss-reactive ketones (excluding diaryl/α,β-unsaturated/α-hetero) is 1. The summed E-state index contributed by atoms with van der Waals surface area (Å²) in [4.78, 5) is 10.8. The summed E-state index contributed by atoms with van der Waals surface area (Å²) in [5.74, 6) is -1.22. The Labute approximate surface area is 75.5 Å². The van der Waals surface area contributed by atoms with Crippen LogP contribution in [-0.4, -0.2) is 22.0 Å². The molecule has 12 heavy (non-hydrogen) atoms. The van der Waals surface area contributed by atoms with Crippen molar-refractivity contribution in [1.29, 1.82) is 0 Å². The molecule has 0 fully saturated rings. The molecule has 0 aliphatic heterocycles. The summed E-state index contributed by atoms with van der Waals surface area (Å²) in [6.45, 7) is 0. The summed E-state index contributed by atoms with van der Waals surface area (Å²) in [6.07, 6.45) is -1.69. The number of carbonyl (C=O) groups excluding carboxylic acids is 1. The van der Waals surface area contributed by atoms with Crippen molar-refractivity contribution in [1.82, 2.24) is 9.78 Å². The maximum atomic E-state index is 11.9. The van der Waals surface area contributed by atoms with Crippen LogP contribution in [0, 0.1) is 0 Å². The molecule has 0 saturated heterocycles. The van der Waals surface area contributed by atoms with Gasteiger partial charge in [-0.25, -0.2) is 8.78 Å². The van der Waals surface area contributed by atoms with Gasteiger partial charge in [0.15, 0.2) is 0 Å². The van der Waals surface area contributed by atoms with E-state index in [-0.39, 0.29) is 10.2 Å². The normalized spacial score (nSPS) is 10.8. The molecule has 0 atom stereocenters. The van der Waals surface area contributed by atoms with Gasteiger partial charge in [-0.05, 0) is 15.9 Å². The second-order valence-corrected chi connectivity index (χ2v) is 2.98. The van der Waals surface area contributed by atoms with Crippen LogP contribution in [0.15, 0.2) is 10.7 Å². The zero-order valence-corrected chi connectivity index (χ0v) is 7.68. The van der Waals surface area contributed by atoms with Crippen LogP contribution in [0.25, 0.3) is 0 Å². The van der Waals surface area contributed by atoms with E-state index in [1.165, 1.54) is 13.2 Å². The second-order valence-electron chi connectivity index (χ2n) is 2.13. The Kier molecular flexibility index (Phi) is 2.56. The van der Waals surface area contributed by atoms with Crippen molar-refractivity contribution in [3.05, 3.63) is 16.4 Å². The Morgan fingerprint density at radius 2 is 2.33 bits per heavy atom. The van der Waals surface area contributed by atoms with Crippen molar-refractivity contribution in [2.24, 2.45) is 7.05 Å². The number of ketones is 1. The van der Waals surface area contributed by atoms with E-state index in [4.69, 9.17) is 0 Å². The first-order valence-electron chi connectivity index (χ1n) is 3.04. The number of alkyl halides is 2. The van der Waals surface area contributed by atoms with Crippen LogP contribution < -0.4 is 0 Å². The lowest BCUT2D eigenvalue weighted by Gasteiger charge is -1.99. The van der Waals surface area contributed by atoms with Gasteiger partial charge >= 0.3 is 6.43 Å². The van der Waals surface area contributed by atoms with E-state index in [9.17, 15) is 13.6 Å². The summed E-state index contributed by atoms with van der Waals surface area (Å²) in [5.41, 5.74) is -0.106. The molecule has 1 aromatic heterocycles. The Morgan fingerprint density at radius 1 is 1.75 bits per heavy atom. The number of aryl methyl sites for hydroxylation is 1. The lowest BCUT2D eigenvalue weighted by Crippen LogP contribution is -2.15. The van der Waals surface area contributed by atoms with Gasteiger partial charge in [0.05, 0.1) is 10.7 Å². The first-order chi connectivity index (χ1) is 5.54. The van der Waals surface area contributed by atoms with Gasteiger partial charge < -0.3 is 0 Å². The van der Waals surface area contributed by atoms with Gasteiger partial charge in [0.25, 0.3) is 0 Å². The van der Waals surface area contributed by atoms with Crippen molar-refractivity contribution in [2.45, 2.75) is 6.43 Å². The van der Waals surface area contributed by atoms with Crippen LogP contribution in [-0.2, 0) is 7.05 Å². The number of carbonyl (C=O) groups is 1. The third-order valence-electron chi connectivity index (χ3n) is 1.33. The Bertz CT molecular complexity index is 291.